The number of hydrogen-bond donors (Lipinski definition) is 2. The molecule has 0 amide bonds. The van der Waals surface area contributed by atoms with E-state index in [0.29, 0.717) is 6.54 Å². The highest BCUT2D eigenvalue weighted by Crippen LogP contribution is 2.07. The molecule has 0 fully saturated rings. The Morgan fingerprint density at radius 1 is 1.75 bits per heavy atom. The summed E-state index contributed by atoms with van der Waals surface area (Å²) in [5.74, 6) is -0.229. The van der Waals surface area contributed by atoms with Gasteiger partial charge in [-0.15, -0.1) is 0 Å². The van der Waals surface area contributed by atoms with E-state index in [1.807, 2.05) is 5.32 Å². The fraction of sp³-hybridized carbons (Fsp3) is 0.625. The molecular weight excluding hydrogens is 327 g/mol. The molecule has 0 aliphatic carbocycles. The smallest absolute Gasteiger partial charge is 0.390 e. The standard InChI is InChI=1S/C8H13IN4O3/c9-1-2-10-5-7(14)6-12-4-3-11-8(12)13(15)16/h3-4,7,10,14H,1-2,5-6H2/p+1. The molecule has 8 heteroatoms. The van der Waals surface area contributed by atoms with Crippen LogP contribution in [0.5, 0.6) is 0 Å². The van der Waals surface area contributed by atoms with Gasteiger partial charge in [0, 0.05) is 4.43 Å². The first-order valence-corrected chi connectivity index (χ1v) is 6.39. The summed E-state index contributed by atoms with van der Waals surface area (Å²) in [6.07, 6.45) is 2.26. The number of aliphatic hydroxyl groups is 1. The molecule has 0 aromatic carbocycles. The molecule has 16 heavy (non-hydrogen) atoms. The van der Waals surface area contributed by atoms with Crippen LogP contribution in [0.15, 0.2) is 12.4 Å². The fourth-order valence-electron chi connectivity index (χ4n) is 1.30. The maximum absolute atomic E-state index is 10.6. The van der Waals surface area contributed by atoms with E-state index in [2.05, 4.69) is 27.6 Å². The summed E-state index contributed by atoms with van der Waals surface area (Å²) in [4.78, 5) is 13.6. The molecule has 0 saturated heterocycles. The average Bonchev–Trinajstić information content (AvgIpc) is 2.66. The summed E-state index contributed by atoms with van der Waals surface area (Å²) < 4.78 is 2.36. The summed E-state index contributed by atoms with van der Waals surface area (Å²) in [7, 11) is 0. The van der Waals surface area contributed by atoms with E-state index < -0.39 is 11.0 Å². The molecule has 0 radical (unpaired) electrons. The molecule has 1 aromatic heterocycles. The molecule has 1 rings (SSSR count). The Labute approximate surface area is 106 Å². The highest BCUT2D eigenvalue weighted by molar-refractivity contribution is 14.1. The number of nitrogens with zero attached hydrogens (tertiary/aromatic N) is 3. The van der Waals surface area contributed by atoms with Crippen LogP contribution < -0.4 is 5.32 Å². The number of nitrogens with two attached hydrogens (primary N) is 1. The van der Waals surface area contributed by atoms with Gasteiger partial charge in [-0.1, -0.05) is 27.6 Å². The van der Waals surface area contributed by atoms with Crippen LogP contribution in [0.3, 0.4) is 0 Å². The SMILES string of the molecule is O=[N+]([O-])c1nccn1CC(O)C[NH2+]CCI. The van der Waals surface area contributed by atoms with Crippen LogP contribution in [-0.4, -0.2) is 43.2 Å². The fourth-order valence-corrected chi connectivity index (χ4v) is 1.75. The molecule has 0 saturated carbocycles. The highest BCUT2D eigenvalue weighted by Gasteiger charge is 2.17. The Hall–Kier alpha value is -0.740. The van der Waals surface area contributed by atoms with Crippen molar-refractivity contribution in [1.82, 2.24) is 9.55 Å². The zero-order valence-electron chi connectivity index (χ0n) is 8.62. The van der Waals surface area contributed by atoms with E-state index in [9.17, 15) is 15.2 Å². The quantitative estimate of drug-likeness (QED) is 0.222. The van der Waals surface area contributed by atoms with Gasteiger partial charge in [-0.2, -0.15) is 0 Å². The second-order valence-electron chi connectivity index (χ2n) is 3.29. The van der Waals surface area contributed by atoms with Crippen LogP contribution in [0.25, 0.3) is 0 Å². The van der Waals surface area contributed by atoms with Crippen LogP contribution in [0.2, 0.25) is 0 Å². The van der Waals surface area contributed by atoms with E-state index in [4.69, 9.17) is 0 Å². The topological polar surface area (TPSA) is 97.8 Å². The van der Waals surface area contributed by atoms with Crippen molar-refractivity contribution in [3.8, 4) is 0 Å². The summed E-state index contributed by atoms with van der Waals surface area (Å²) in [5, 5.41) is 22.2. The molecule has 3 N–H and O–H groups in total. The van der Waals surface area contributed by atoms with Gasteiger partial charge in [0.05, 0.1) is 6.54 Å². The summed E-state index contributed by atoms with van der Waals surface area (Å²) in [6, 6.07) is 0. The van der Waals surface area contributed by atoms with Crippen molar-refractivity contribution in [2.45, 2.75) is 12.6 Å². The van der Waals surface area contributed by atoms with E-state index >= 15 is 0 Å². The number of aliphatic hydroxyl groups excluding tert-OH is 1. The Morgan fingerprint density at radius 2 is 2.50 bits per heavy atom. The van der Waals surface area contributed by atoms with Gasteiger partial charge < -0.3 is 20.5 Å². The average molecular weight is 341 g/mol. The van der Waals surface area contributed by atoms with Crippen LogP contribution in [-0.2, 0) is 6.54 Å². The first-order chi connectivity index (χ1) is 7.65. The Balaban J connectivity index is 2.46. The Bertz CT molecular complexity index is 344. The summed E-state index contributed by atoms with van der Waals surface area (Å²) in [6.45, 7) is 1.68. The lowest BCUT2D eigenvalue weighted by Gasteiger charge is -2.08. The zero-order chi connectivity index (χ0) is 12.0. The molecule has 0 bridgehead atoms. The van der Waals surface area contributed by atoms with Crippen molar-refractivity contribution in [2.24, 2.45) is 0 Å². The van der Waals surface area contributed by atoms with E-state index in [1.165, 1.54) is 17.0 Å². The lowest BCUT2D eigenvalue weighted by molar-refractivity contribution is -0.656. The minimum absolute atomic E-state index is 0.202. The number of aromatic nitrogens is 2. The van der Waals surface area contributed by atoms with E-state index in [-0.39, 0.29) is 12.5 Å². The number of hydrogen-bond acceptors (Lipinski definition) is 4. The normalized spacial score (nSPS) is 12.6. The second-order valence-corrected chi connectivity index (χ2v) is 4.37. The first kappa shape index (κ1) is 13.3. The molecule has 1 unspecified atom stereocenters. The van der Waals surface area contributed by atoms with Crippen molar-refractivity contribution >= 4 is 28.5 Å². The van der Waals surface area contributed by atoms with Gasteiger partial charge >= 0.3 is 5.95 Å². The van der Waals surface area contributed by atoms with Crippen LogP contribution >= 0.6 is 22.6 Å². The molecule has 0 aliphatic heterocycles. The van der Waals surface area contributed by atoms with Gasteiger partial charge in [0.1, 0.15) is 31.6 Å². The van der Waals surface area contributed by atoms with Gasteiger partial charge in [0.2, 0.25) is 0 Å². The number of nitro groups is 1. The van der Waals surface area contributed by atoms with Crippen LogP contribution in [0, 0.1) is 10.1 Å². The molecule has 7 nitrogen and oxygen atoms in total. The van der Waals surface area contributed by atoms with Crippen molar-refractivity contribution < 1.29 is 15.3 Å². The van der Waals surface area contributed by atoms with Crippen molar-refractivity contribution in [3.05, 3.63) is 22.5 Å². The van der Waals surface area contributed by atoms with Gasteiger partial charge in [0.15, 0.2) is 0 Å². The van der Waals surface area contributed by atoms with Gasteiger partial charge in [-0.3, -0.25) is 0 Å². The van der Waals surface area contributed by atoms with Crippen molar-refractivity contribution in [3.63, 3.8) is 0 Å². The summed E-state index contributed by atoms with van der Waals surface area (Å²) in [5.41, 5.74) is 0. The molecular formula is C8H14IN4O3+. The van der Waals surface area contributed by atoms with Gasteiger partial charge in [-0.25, -0.2) is 4.57 Å². The van der Waals surface area contributed by atoms with Crippen LogP contribution in [0.1, 0.15) is 0 Å². The third-order valence-corrected chi connectivity index (χ3v) is 2.64. The third-order valence-electron chi connectivity index (χ3n) is 2.02. The molecule has 0 spiro atoms. The van der Waals surface area contributed by atoms with E-state index in [1.54, 1.807) is 0 Å². The maximum atomic E-state index is 10.6. The third kappa shape index (κ3) is 4.02. The van der Waals surface area contributed by atoms with Crippen molar-refractivity contribution in [1.29, 1.82) is 0 Å². The minimum Gasteiger partial charge on any atom is -0.390 e. The van der Waals surface area contributed by atoms with Crippen LogP contribution in [0.4, 0.5) is 5.95 Å². The van der Waals surface area contributed by atoms with Gasteiger partial charge in [0.25, 0.3) is 0 Å². The molecule has 1 aromatic rings. The predicted octanol–water partition coefficient (Wildman–Crippen LogP) is -0.849. The lowest BCUT2D eigenvalue weighted by atomic mass is 10.3. The van der Waals surface area contributed by atoms with Crippen molar-refractivity contribution in [2.75, 3.05) is 17.5 Å². The second kappa shape index (κ2) is 6.76. The minimum atomic E-state index is -0.601. The molecule has 0 aliphatic rings. The zero-order valence-corrected chi connectivity index (χ0v) is 10.8. The number of halogens is 1. The number of alkyl halides is 1. The van der Waals surface area contributed by atoms with E-state index in [0.717, 1.165) is 11.0 Å². The molecule has 1 atom stereocenters. The van der Waals surface area contributed by atoms with Gasteiger partial charge in [-0.05, 0) is 4.92 Å². The maximum Gasteiger partial charge on any atom is 0.434 e. The summed E-state index contributed by atoms with van der Waals surface area (Å²) >= 11 is 2.25. The highest BCUT2D eigenvalue weighted by atomic mass is 127. The number of quaternary nitrogens is 1. The largest absolute Gasteiger partial charge is 0.434 e. The number of rotatable bonds is 7. The molecule has 90 valence electrons. The molecule has 1 heterocycles. The number of imidazole rings is 1. The monoisotopic (exact) mass is 341 g/mol. The Morgan fingerprint density at radius 3 is 3.12 bits per heavy atom. The Kier molecular flexibility index (Phi) is 5.63. The first-order valence-electron chi connectivity index (χ1n) is 4.86. The lowest BCUT2D eigenvalue weighted by Crippen LogP contribution is -2.87. The predicted molar refractivity (Wildman–Crippen MR) is 65.4 cm³/mol.